The zero-order valence-corrected chi connectivity index (χ0v) is 11.9. The third-order valence-electron chi connectivity index (χ3n) is 4.03. The van der Waals surface area contributed by atoms with Crippen molar-refractivity contribution in [3.8, 4) is 0 Å². The normalized spacial score (nSPS) is 22.2. The molecule has 1 saturated carbocycles. The number of nitrogens with one attached hydrogen (secondary N) is 2. The van der Waals surface area contributed by atoms with Crippen LogP contribution < -0.4 is 10.6 Å². The topological polar surface area (TPSA) is 41.1 Å². The smallest absolute Gasteiger partial charge is 0.224 e. The van der Waals surface area contributed by atoms with Gasteiger partial charge in [0.2, 0.25) is 5.91 Å². The van der Waals surface area contributed by atoms with E-state index in [4.69, 9.17) is 0 Å². The Hall–Kier alpha value is -1.51. The van der Waals surface area contributed by atoms with E-state index < -0.39 is 0 Å². The standard InChI is InChI=1S/C16H24N2O/c1-3-12-6-5-7-15(12)17-13-8-10-14(11-9-13)18-16(19)4-2/h8-12,15,17H,3-7H2,1-2H3,(H,18,19). The highest BCUT2D eigenvalue weighted by atomic mass is 16.1. The van der Waals surface area contributed by atoms with Gasteiger partial charge in [-0.2, -0.15) is 0 Å². The van der Waals surface area contributed by atoms with Gasteiger partial charge in [-0.3, -0.25) is 4.79 Å². The van der Waals surface area contributed by atoms with Crippen molar-refractivity contribution in [3.05, 3.63) is 24.3 Å². The minimum atomic E-state index is 0.0579. The Bertz CT molecular complexity index is 413. The summed E-state index contributed by atoms with van der Waals surface area (Å²) in [4.78, 5) is 11.3. The molecule has 2 unspecified atom stereocenters. The van der Waals surface area contributed by atoms with Crippen molar-refractivity contribution in [1.82, 2.24) is 0 Å². The molecule has 19 heavy (non-hydrogen) atoms. The maximum atomic E-state index is 11.3. The van der Waals surface area contributed by atoms with Crippen LogP contribution in [0.1, 0.15) is 46.0 Å². The molecule has 1 aliphatic carbocycles. The molecular formula is C16H24N2O. The van der Waals surface area contributed by atoms with Crippen molar-refractivity contribution < 1.29 is 4.79 Å². The second kappa shape index (κ2) is 6.60. The van der Waals surface area contributed by atoms with E-state index in [-0.39, 0.29) is 5.91 Å². The molecule has 0 aromatic heterocycles. The van der Waals surface area contributed by atoms with Gasteiger partial charge in [-0.25, -0.2) is 0 Å². The van der Waals surface area contributed by atoms with Crippen LogP contribution in [0, 0.1) is 5.92 Å². The summed E-state index contributed by atoms with van der Waals surface area (Å²) in [6, 6.07) is 8.64. The van der Waals surface area contributed by atoms with E-state index in [9.17, 15) is 4.79 Å². The van der Waals surface area contributed by atoms with Gasteiger partial charge in [0.15, 0.2) is 0 Å². The van der Waals surface area contributed by atoms with E-state index >= 15 is 0 Å². The fourth-order valence-corrected chi connectivity index (χ4v) is 2.83. The van der Waals surface area contributed by atoms with Crippen LogP contribution in [0.4, 0.5) is 11.4 Å². The first-order valence-electron chi connectivity index (χ1n) is 7.39. The van der Waals surface area contributed by atoms with E-state index in [1.165, 1.54) is 25.7 Å². The average Bonchev–Trinajstić information content (AvgIpc) is 2.88. The molecule has 0 bridgehead atoms. The first kappa shape index (κ1) is 13.9. The summed E-state index contributed by atoms with van der Waals surface area (Å²) in [6.07, 6.45) is 5.72. The van der Waals surface area contributed by atoms with Gasteiger partial charge < -0.3 is 10.6 Å². The zero-order chi connectivity index (χ0) is 13.7. The highest BCUT2D eigenvalue weighted by molar-refractivity contribution is 5.90. The largest absolute Gasteiger partial charge is 0.382 e. The Morgan fingerprint density at radius 1 is 1.16 bits per heavy atom. The first-order chi connectivity index (χ1) is 9.22. The molecule has 1 aliphatic rings. The lowest BCUT2D eigenvalue weighted by Gasteiger charge is -2.21. The summed E-state index contributed by atoms with van der Waals surface area (Å²) in [7, 11) is 0. The molecule has 3 nitrogen and oxygen atoms in total. The molecule has 2 atom stereocenters. The molecule has 2 rings (SSSR count). The van der Waals surface area contributed by atoms with Crippen molar-refractivity contribution in [3.63, 3.8) is 0 Å². The van der Waals surface area contributed by atoms with Gasteiger partial charge >= 0.3 is 0 Å². The summed E-state index contributed by atoms with van der Waals surface area (Å²) in [5, 5.41) is 6.49. The van der Waals surface area contributed by atoms with Crippen molar-refractivity contribution in [2.45, 2.75) is 52.0 Å². The van der Waals surface area contributed by atoms with E-state index in [0.29, 0.717) is 12.5 Å². The number of anilines is 2. The van der Waals surface area contributed by atoms with Crippen LogP contribution >= 0.6 is 0 Å². The van der Waals surface area contributed by atoms with E-state index in [2.05, 4.69) is 29.7 Å². The Kier molecular flexibility index (Phi) is 4.83. The summed E-state index contributed by atoms with van der Waals surface area (Å²) in [5.41, 5.74) is 2.02. The first-order valence-corrected chi connectivity index (χ1v) is 7.39. The molecule has 104 valence electrons. The molecule has 0 aliphatic heterocycles. The second-order valence-corrected chi connectivity index (χ2v) is 5.33. The molecule has 1 amide bonds. The Labute approximate surface area is 115 Å². The van der Waals surface area contributed by atoms with Gasteiger partial charge in [0.05, 0.1) is 0 Å². The lowest BCUT2D eigenvalue weighted by molar-refractivity contribution is -0.115. The maximum Gasteiger partial charge on any atom is 0.224 e. The quantitative estimate of drug-likeness (QED) is 0.839. The summed E-state index contributed by atoms with van der Waals surface area (Å²) < 4.78 is 0. The zero-order valence-electron chi connectivity index (χ0n) is 11.9. The highest BCUT2D eigenvalue weighted by Gasteiger charge is 2.25. The van der Waals surface area contributed by atoms with Gasteiger partial charge in [0.1, 0.15) is 0 Å². The van der Waals surface area contributed by atoms with Crippen LogP contribution in [0.25, 0.3) is 0 Å². The number of amides is 1. The monoisotopic (exact) mass is 260 g/mol. The van der Waals surface area contributed by atoms with Gasteiger partial charge in [-0.05, 0) is 43.0 Å². The molecule has 0 heterocycles. The molecule has 0 radical (unpaired) electrons. The predicted octanol–water partition coefficient (Wildman–Crippen LogP) is 4.03. The molecule has 3 heteroatoms. The maximum absolute atomic E-state index is 11.3. The molecule has 1 aromatic carbocycles. The van der Waals surface area contributed by atoms with Crippen LogP contribution in [0.5, 0.6) is 0 Å². The highest BCUT2D eigenvalue weighted by Crippen LogP contribution is 2.30. The number of benzene rings is 1. The number of hydrogen-bond acceptors (Lipinski definition) is 2. The fourth-order valence-electron chi connectivity index (χ4n) is 2.83. The second-order valence-electron chi connectivity index (χ2n) is 5.33. The molecule has 0 saturated heterocycles. The van der Waals surface area contributed by atoms with Crippen molar-refractivity contribution in [1.29, 1.82) is 0 Å². The molecular weight excluding hydrogens is 236 g/mol. The number of hydrogen-bond donors (Lipinski definition) is 2. The molecule has 0 spiro atoms. The number of carbonyl (C=O) groups excluding carboxylic acids is 1. The third kappa shape index (κ3) is 3.72. The van der Waals surface area contributed by atoms with Crippen LogP contribution in [0.3, 0.4) is 0 Å². The Balaban J connectivity index is 1.93. The lowest BCUT2D eigenvalue weighted by atomic mass is 10.0. The van der Waals surface area contributed by atoms with Gasteiger partial charge in [-0.1, -0.05) is 26.7 Å². The number of carbonyl (C=O) groups is 1. The Morgan fingerprint density at radius 2 is 1.84 bits per heavy atom. The van der Waals surface area contributed by atoms with Crippen LogP contribution in [-0.2, 0) is 4.79 Å². The predicted molar refractivity (Wildman–Crippen MR) is 80.4 cm³/mol. The average molecular weight is 260 g/mol. The van der Waals surface area contributed by atoms with Crippen molar-refractivity contribution in [2.24, 2.45) is 5.92 Å². The Morgan fingerprint density at radius 3 is 2.47 bits per heavy atom. The van der Waals surface area contributed by atoms with Gasteiger partial charge in [0, 0.05) is 23.8 Å². The molecule has 2 N–H and O–H groups in total. The summed E-state index contributed by atoms with van der Waals surface area (Å²) >= 11 is 0. The van der Waals surface area contributed by atoms with E-state index in [1.54, 1.807) is 0 Å². The van der Waals surface area contributed by atoms with Crippen molar-refractivity contribution >= 4 is 17.3 Å². The van der Waals surface area contributed by atoms with Gasteiger partial charge in [0.25, 0.3) is 0 Å². The van der Waals surface area contributed by atoms with Crippen LogP contribution in [0.15, 0.2) is 24.3 Å². The van der Waals surface area contributed by atoms with Gasteiger partial charge in [-0.15, -0.1) is 0 Å². The summed E-state index contributed by atoms with van der Waals surface area (Å²) in [6.45, 7) is 4.13. The van der Waals surface area contributed by atoms with Crippen LogP contribution in [-0.4, -0.2) is 11.9 Å². The fraction of sp³-hybridized carbons (Fsp3) is 0.562. The SMILES string of the molecule is CCC(=O)Nc1ccc(NC2CCCC2CC)cc1. The van der Waals surface area contributed by atoms with Crippen molar-refractivity contribution in [2.75, 3.05) is 10.6 Å². The van der Waals surface area contributed by atoms with E-state index in [1.807, 2.05) is 19.1 Å². The molecule has 1 aromatic rings. The van der Waals surface area contributed by atoms with Crippen LogP contribution in [0.2, 0.25) is 0 Å². The number of rotatable bonds is 5. The lowest BCUT2D eigenvalue weighted by Crippen LogP contribution is -2.23. The third-order valence-corrected chi connectivity index (χ3v) is 4.03. The van der Waals surface area contributed by atoms with E-state index in [0.717, 1.165) is 17.3 Å². The minimum absolute atomic E-state index is 0.0579. The summed E-state index contributed by atoms with van der Waals surface area (Å²) in [5.74, 6) is 0.863. The minimum Gasteiger partial charge on any atom is -0.382 e. The molecule has 1 fully saturated rings.